The van der Waals surface area contributed by atoms with E-state index in [1.807, 2.05) is 36.4 Å². The average molecular weight is 668 g/mol. The number of carbonyl (C=O) groups is 3. The summed E-state index contributed by atoms with van der Waals surface area (Å²) < 4.78 is 44.5. The Morgan fingerprint density at radius 3 is 2.49 bits per heavy atom. The first-order chi connectivity index (χ1) is 22.5. The normalized spacial score (nSPS) is 27.9. The number of carbonyl (C=O) groups excluding carboxylic acids is 3. The lowest BCUT2D eigenvalue weighted by Gasteiger charge is -2.26. The summed E-state index contributed by atoms with van der Waals surface area (Å²) in [5.74, 6) is -2.32. The smallest absolute Gasteiger partial charge is 0.320 e. The molecule has 3 fully saturated rings. The molecule has 3 amide bonds. The van der Waals surface area contributed by atoms with E-state index in [1.165, 1.54) is 7.11 Å². The van der Waals surface area contributed by atoms with Crippen LogP contribution in [0.5, 0.6) is 17.6 Å². The Labute approximate surface area is 274 Å². The fraction of sp³-hybridized carbons (Fsp3) is 0.545. The number of sulfonamides is 1. The van der Waals surface area contributed by atoms with E-state index in [-0.39, 0.29) is 43.0 Å². The third-order valence-corrected chi connectivity index (χ3v) is 11.4. The van der Waals surface area contributed by atoms with Crippen molar-refractivity contribution in [2.75, 3.05) is 27.8 Å². The zero-order valence-corrected chi connectivity index (χ0v) is 27.6. The minimum absolute atomic E-state index is 0.0976. The number of fused-ring (bicyclic) bond motifs is 2. The lowest BCUT2D eigenvalue weighted by Crippen LogP contribution is -2.54. The van der Waals surface area contributed by atoms with Gasteiger partial charge in [0, 0.05) is 31.1 Å². The van der Waals surface area contributed by atoms with Gasteiger partial charge in [-0.3, -0.25) is 19.1 Å². The van der Waals surface area contributed by atoms with Gasteiger partial charge in [0.2, 0.25) is 27.7 Å². The number of aromatic nitrogens is 2. The Morgan fingerprint density at radius 2 is 1.79 bits per heavy atom. The second-order valence-corrected chi connectivity index (χ2v) is 14.8. The Hall–Kier alpha value is -4.20. The molecule has 0 bridgehead atoms. The van der Waals surface area contributed by atoms with Crippen LogP contribution >= 0.6 is 0 Å². The van der Waals surface area contributed by atoms with Gasteiger partial charge in [0.05, 0.1) is 37.0 Å². The molecule has 1 aromatic carbocycles. The van der Waals surface area contributed by atoms with Crippen LogP contribution in [0.1, 0.15) is 51.4 Å². The van der Waals surface area contributed by atoms with Gasteiger partial charge in [-0.05, 0) is 75.6 Å². The molecule has 0 radical (unpaired) electrons. The summed E-state index contributed by atoms with van der Waals surface area (Å²) in [6.07, 6.45) is 7.41. The SMILES string of the molecule is COc1ccc(-c2cc(O[C@@H]3C[C@H]4C(=O)N[C@]5(C(=O)NS(=O)(=O)C6CC6)C[C@H]5C=CCCCCN(C)C(=O)[C@@H]4C3)nc(OC)n2)cc1. The van der Waals surface area contributed by atoms with E-state index in [1.54, 1.807) is 25.1 Å². The largest absolute Gasteiger partial charge is 0.497 e. The molecule has 13 nitrogen and oxygen atoms in total. The summed E-state index contributed by atoms with van der Waals surface area (Å²) in [6, 6.07) is 9.10. The number of methoxy groups -OCH3 is 2. The summed E-state index contributed by atoms with van der Waals surface area (Å²) in [7, 11) is 0.957. The van der Waals surface area contributed by atoms with Gasteiger partial charge >= 0.3 is 6.01 Å². The molecule has 0 unspecified atom stereocenters. The van der Waals surface area contributed by atoms with E-state index in [0.717, 1.165) is 24.8 Å². The number of hydrogen-bond acceptors (Lipinski definition) is 10. The highest BCUT2D eigenvalue weighted by Gasteiger charge is 2.62. The first-order valence-electron chi connectivity index (χ1n) is 16.1. The predicted molar refractivity (Wildman–Crippen MR) is 171 cm³/mol. The molecule has 1 aliphatic heterocycles. The topological polar surface area (TPSA) is 166 Å². The molecule has 4 aliphatic rings. The van der Waals surface area contributed by atoms with Crippen LogP contribution in [0.3, 0.4) is 0 Å². The summed E-state index contributed by atoms with van der Waals surface area (Å²) in [4.78, 5) is 51.7. The standard InChI is InChI=1S/C33H41N5O8S/c1-38-15-7-5-4-6-8-21-19-33(21,31(41)37-47(42,43)24-13-14-24)36-29(39)25-16-23(17-26(25)30(38)40)46-28-18-27(34-32(35-28)45-3)20-9-11-22(44-2)12-10-20/h6,8-12,18,21,23-26H,4-5,7,13-17,19H2,1-3H3,(H,36,39)(H,37,41)/t21-,23-,25-,26-,33-/m1/s1. The lowest BCUT2D eigenvalue weighted by molar-refractivity contribution is -0.140. The first-order valence-corrected chi connectivity index (χ1v) is 17.6. The Kier molecular flexibility index (Phi) is 9.14. The fourth-order valence-corrected chi connectivity index (χ4v) is 7.89. The highest BCUT2D eigenvalue weighted by Crippen LogP contribution is 2.47. The first kappa shape index (κ1) is 32.7. The van der Waals surface area contributed by atoms with Crippen molar-refractivity contribution in [1.29, 1.82) is 0 Å². The molecular formula is C33H41N5O8S. The van der Waals surface area contributed by atoms with Gasteiger partial charge in [-0.2, -0.15) is 9.97 Å². The molecule has 3 saturated carbocycles. The molecule has 1 aromatic heterocycles. The molecule has 3 aliphatic carbocycles. The van der Waals surface area contributed by atoms with Gasteiger partial charge in [0.15, 0.2) is 0 Å². The summed E-state index contributed by atoms with van der Waals surface area (Å²) in [5, 5.41) is 2.32. The molecule has 47 heavy (non-hydrogen) atoms. The zero-order chi connectivity index (χ0) is 33.3. The van der Waals surface area contributed by atoms with Crippen LogP contribution in [0.25, 0.3) is 11.3 Å². The van der Waals surface area contributed by atoms with Crippen molar-refractivity contribution < 1.29 is 37.0 Å². The van der Waals surface area contributed by atoms with Crippen molar-refractivity contribution >= 4 is 27.7 Å². The number of rotatable bonds is 8. The monoisotopic (exact) mass is 667 g/mol. The van der Waals surface area contributed by atoms with Crippen LogP contribution in [-0.2, 0) is 24.4 Å². The van der Waals surface area contributed by atoms with Gasteiger partial charge in [0.25, 0.3) is 5.91 Å². The van der Waals surface area contributed by atoms with E-state index >= 15 is 0 Å². The molecule has 0 saturated heterocycles. The maximum atomic E-state index is 14.0. The number of amides is 3. The van der Waals surface area contributed by atoms with Gasteiger partial charge < -0.3 is 24.4 Å². The maximum Gasteiger partial charge on any atom is 0.320 e. The Bertz CT molecular complexity index is 1660. The summed E-state index contributed by atoms with van der Waals surface area (Å²) >= 11 is 0. The molecule has 2 N–H and O–H groups in total. The van der Waals surface area contributed by atoms with Crippen molar-refractivity contribution in [2.45, 2.75) is 68.3 Å². The van der Waals surface area contributed by atoms with E-state index in [0.29, 0.717) is 30.8 Å². The van der Waals surface area contributed by atoms with Crippen LogP contribution in [-0.4, -0.2) is 85.7 Å². The molecule has 2 heterocycles. The number of ether oxygens (including phenoxy) is 3. The number of hydrogen-bond donors (Lipinski definition) is 2. The van der Waals surface area contributed by atoms with Crippen molar-refractivity contribution in [3.8, 4) is 28.9 Å². The fourth-order valence-electron chi connectivity index (χ4n) is 6.53. The van der Waals surface area contributed by atoms with Crippen molar-refractivity contribution in [3.63, 3.8) is 0 Å². The van der Waals surface area contributed by atoms with Crippen molar-refractivity contribution in [1.82, 2.24) is 24.9 Å². The zero-order valence-electron chi connectivity index (χ0n) is 26.8. The van der Waals surface area contributed by atoms with Crippen LogP contribution in [0.4, 0.5) is 0 Å². The molecule has 5 atom stereocenters. The molecule has 6 rings (SSSR count). The minimum atomic E-state index is -3.82. The van der Waals surface area contributed by atoms with Crippen molar-refractivity contribution in [2.24, 2.45) is 17.8 Å². The van der Waals surface area contributed by atoms with E-state index in [4.69, 9.17) is 14.2 Å². The molecule has 0 spiro atoms. The van der Waals surface area contributed by atoms with Gasteiger partial charge in [-0.15, -0.1) is 0 Å². The van der Waals surface area contributed by atoms with E-state index in [2.05, 4.69) is 20.0 Å². The van der Waals surface area contributed by atoms with Gasteiger partial charge in [-0.1, -0.05) is 12.2 Å². The Morgan fingerprint density at radius 1 is 1.04 bits per heavy atom. The number of nitrogens with one attached hydrogen (secondary N) is 2. The molecule has 252 valence electrons. The molecule has 2 aromatic rings. The van der Waals surface area contributed by atoms with Crippen LogP contribution < -0.4 is 24.2 Å². The third kappa shape index (κ3) is 7.07. The minimum Gasteiger partial charge on any atom is -0.497 e. The number of allylic oxidation sites excluding steroid dienone is 1. The van der Waals surface area contributed by atoms with Gasteiger partial charge in [0.1, 0.15) is 17.4 Å². The average Bonchev–Trinajstić information content (AvgIpc) is 3.99. The molecular weight excluding hydrogens is 626 g/mol. The van der Waals surface area contributed by atoms with Crippen LogP contribution in [0.2, 0.25) is 0 Å². The van der Waals surface area contributed by atoms with Crippen molar-refractivity contribution in [3.05, 3.63) is 42.5 Å². The summed E-state index contributed by atoms with van der Waals surface area (Å²) in [5.41, 5.74) is -0.0558. The highest BCUT2D eigenvalue weighted by atomic mass is 32.2. The van der Waals surface area contributed by atoms with E-state index < -0.39 is 50.6 Å². The third-order valence-electron chi connectivity index (χ3n) is 9.53. The second-order valence-electron chi connectivity index (χ2n) is 12.9. The van der Waals surface area contributed by atoms with Crippen LogP contribution in [0, 0.1) is 17.8 Å². The highest BCUT2D eigenvalue weighted by molar-refractivity contribution is 7.91. The number of nitrogens with zero attached hydrogens (tertiary/aromatic N) is 3. The quantitative estimate of drug-likeness (QED) is 0.400. The van der Waals surface area contributed by atoms with Crippen LogP contribution in [0.15, 0.2) is 42.5 Å². The maximum absolute atomic E-state index is 14.0. The lowest BCUT2D eigenvalue weighted by atomic mass is 9.93. The second kappa shape index (κ2) is 13.1. The predicted octanol–water partition coefficient (Wildman–Crippen LogP) is 2.62. The summed E-state index contributed by atoms with van der Waals surface area (Å²) in [6.45, 7) is 0.548. The van der Waals surface area contributed by atoms with E-state index in [9.17, 15) is 22.8 Å². The number of benzene rings is 1. The van der Waals surface area contributed by atoms with Gasteiger partial charge in [-0.25, -0.2) is 8.42 Å². The Balaban J connectivity index is 1.25. The molecule has 14 heteroatoms.